The van der Waals surface area contributed by atoms with Crippen LogP contribution in [0.15, 0.2) is 12.3 Å². The van der Waals surface area contributed by atoms with Crippen LogP contribution in [-0.2, 0) is 4.79 Å². The first-order valence-electron chi connectivity index (χ1n) is 6.52. The fourth-order valence-electron chi connectivity index (χ4n) is 2.70. The molecule has 2 unspecified atom stereocenters. The van der Waals surface area contributed by atoms with Crippen LogP contribution in [0.4, 0.5) is 11.5 Å². The van der Waals surface area contributed by atoms with Gasteiger partial charge in [-0.25, -0.2) is 9.78 Å². The highest BCUT2D eigenvalue weighted by molar-refractivity contribution is 5.78. The molecule has 7 heteroatoms. The second kappa shape index (κ2) is 5.44. The van der Waals surface area contributed by atoms with E-state index in [1.54, 1.807) is 17.9 Å². The summed E-state index contributed by atoms with van der Waals surface area (Å²) in [5.41, 5.74) is 0.438. The summed E-state index contributed by atoms with van der Waals surface area (Å²) in [5, 5.41) is 20.2. The van der Waals surface area contributed by atoms with Crippen molar-refractivity contribution in [3.05, 3.63) is 27.9 Å². The van der Waals surface area contributed by atoms with Gasteiger partial charge in [0.25, 0.3) is 5.69 Å². The Balaban J connectivity index is 2.36. The van der Waals surface area contributed by atoms with Crippen molar-refractivity contribution in [3.8, 4) is 0 Å². The fourth-order valence-corrected chi connectivity index (χ4v) is 2.70. The molecule has 0 spiro atoms. The smallest absolute Gasteiger partial charge is 0.326 e. The summed E-state index contributed by atoms with van der Waals surface area (Å²) in [6.45, 7) is 4.14. The van der Waals surface area contributed by atoms with Gasteiger partial charge in [-0.1, -0.05) is 6.92 Å². The maximum absolute atomic E-state index is 11.4. The van der Waals surface area contributed by atoms with E-state index in [0.717, 1.165) is 12.8 Å². The maximum Gasteiger partial charge on any atom is 0.326 e. The number of piperidine rings is 1. The molecule has 2 atom stereocenters. The quantitative estimate of drug-likeness (QED) is 0.671. The van der Waals surface area contributed by atoms with Crippen molar-refractivity contribution in [1.82, 2.24) is 4.98 Å². The summed E-state index contributed by atoms with van der Waals surface area (Å²) in [4.78, 5) is 27.5. The standard InChI is InChI=1S/C13H17N3O4/c1-8-4-3-5-15(12(8)13(17)18)11-6-9(2)10(7-14-11)16(19)20/h6-8,12H,3-5H2,1-2H3,(H,17,18). The van der Waals surface area contributed by atoms with Crippen molar-refractivity contribution in [2.75, 3.05) is 11.4 Å². The largest absolute Gasteiger partial charge is 0.480 e. The highest BCUT2D eigenvalue weighted by Crippen LogP contribution is 2.29. The zero-order chi connectivity index (χ0) is 14.9. The van der Waals surface area contributed by atoms with Gasteiger partial charge in [0.1, 0.15) is 18.1 Å². The number of hydrogen-bond donors (Lipinski definition) is 1. The van der Waals surface area contributed by atoms with E-state index in [0.29, 0.717) is 17.9 Å². The molecule has 7 nitrogen and oxygen atoms in total. The highest BCUT2D eigenvalue weighted by atomic mass is 16.6. The lowest BCUT2D eigenvalue weighted by atomic mass is 9.91. The number of pyridine rings is 1. The van der Waals surface area contributed by atoms with Gasteiger partial charge >= 0.3 is 5.97 Å². The minimum atomic E-state index is -0.880. The van der Waals surface area contributed by atoms with Crippen molar-refractivity contribution in [1.29, 1.82) is 0 Å². The summed E-state index contributed by atoms with van der Waals surface area (Å²) < 4.78 is 0. The van der Waals surface area contributed by atoms with Gasteiger partial charge in [0.15, 0.2) is 0 Å². The highest BCUT2D eigenvalue weighted by Gasteiger charge is 2.35. The van der Waals surface area contributed by atoms with Crippen LogP contribution in [0.25, 0.3) is 0 Å². The van der Waals surface area contributed by atoms with Crippen molar-refractivity contribution >= 4 is 17.5 Å². The fraction of sp³-hybridized carbons (Fsp3) is 0.538. The van der Waals surface area contributed by atoms with Crippen LogP contribution in [0.3, 0.4) is 0 Å². The van der Waals surface area contributed by atoms with Crippen molar-refractivity contribution < 1.29 is 14.8 Å². The zero-order valence-corrected chi connectivity index (χ0v) is 11.4. The monoisotopic (exact) mass is 279 g/mol. The molecule has 0 saturated carbocycles. The first kappa shape index (κ1) is 14.2. The second-order valence-corrected chi connectivity index (χ2v) is 5.18. The van der Waals surface area contributed by atoms with E-state index < -0.39 is 16.9 Å². The van der Waals surface area contributed by atoms with Crippen LogP contribution >= 0.6 is 0 Å². The van der Waals surface area contributed by atoms with Crippen LogP contribution in [0, 0.1) is 23.0 Å². The summed E-state index contributed by atoms with van der Waals surface area (Å²) >= 11 is 0. The molecule has 0 radical (unpaired) electrons. The molecule has 1 aliphatic rings. The van der Waals surface area contributed by atoms with Gasteiger partial charge in [0.05, 0.1) is 4.92 Å². The lowest BCUT2D eigenvalue weighted by Gasteiger charge is -2.38. The van der Waals surface area contributed by atoms with Gasteiger partial charge < -0.3 is 10.0 Å². The summed E-state index contributed by atoms with van der Waals surface area (Å²) in [6, 6.07) is 0.962. The molecule has 1 fully saturated rings. The van der Waals surface area contributed by atoms with Crippen molar-refractivity contribution in [3.63, 3.8) is 0 Å². The van der Waals surface area contributed by atoms with Crippen LogP contribution < -0.4 is 4.90 Å². The molecule has 1 aromatic rings. The Morgan fingerprint density at radius 2 is 2.30 bits per heavy atom. The number of carboxylic acid groups (broad SMARTS) is 1. The minimum Gasteiger partial charge on any atom is -0.480 e. The normalized spacial score (nSPS) is 22.6. The molecule has 1 N–H and O–H groups in total. The molecule has 1 aromatic heterocycles. The lowest BCUT2D eigenvalue weighted by Crippen LogP contribution is -2.49. The molecular weight excluding hydrogens is 262 g/mol. The Hall–Kier alpha value is -2.18. The van der Waals surface area contributed by atoms with Crippen LogP contribution in [-0.4, -0.2) is 33.6 Å². The van der Waals surface area contributed by atoms with Crippen LogP contribution in [0.1, 0.15) is 25.3 Å². The molecule has 0 aliphatic carbocycles. The van der Waals surface area contributed by atoms with E-state index in [9.17, 15) is 20.0 Å². The number of aromatic nitrogens is 1. The Morgan fingerprint density at radius 3 is 2.85 bits per heavy atom. The van der Waals surface area contributed by atoms with Gasteiger partial charge in [-0.15, -0.1) is 0 Å². The third kappa shape index (κ3) is 2.56. The Labute approximate surface area is 116 Å². The summed E-state index contributed by atoms with van der Waals surface area (Å²) in [6.07, 6.45) is 2.95. The maximum atomic E-state index is 11.4. The van der Waals surface area contributed by atoms with Gasteiger partial charge in [-0.2, -0.15) is 0 Å². The van der Waals surface area contributed by atoms with Gasteiger partial charge in [-0.3, -0.25) is 10.1 Å². The van der Waals surface area contributed by atoms with Gasteiger partial charge in [-0.05, 0) is 31.7 Å². The molecule has 0 bridgehead atoms. The van der Waals surface area contributed by atoms with E-state index in [-0.39, 0.29) is 11.6 Å². The molecule has 2 heterocycles. The molecule has 1 aliphatic heterocycles. The Morgan fingerprint density at radius 1 is 1.60 bits per heavy atom. The average molecular weight is 279 g/mol. The van der Waals surface area contributed by atoms with E-state index >= 15 is 0 Å². The van der Waals surface area contributed by atoms with Crippen LogP contribution in [0.2, 0.25) is 0 Å². The number of anilines is 1. The molecule has 2 rings (SSSR count). The number of hydrogen-bond acceptors (Lipinski definition) is 5. The van der Waals surface area contributed by atoms with Gasteiger partial charge in [0, 0.05) is 12.1 Å². The number of aryl methyl sites for hydroxylation is 1. The molecular formula is C13H17N3O4. The van der Waals surface area contributed by atoms with Crippen LogP contribution in [0.5, 0.6) is 0 Å². The molecule has 1 saturated heterocycles. The number of carboxylic acids is 1. The predicted octanol–water partition coefficient (Wildman–Crippen LogP) is 1.99. The zero-order valence-electron chi connectivity index (χ0n) is 11.4. The minimum absolute atomic E-state index is 0.0264. The summed E-state index contributed by atoms with van der Waals surface area (Å²) in [5.74, 6) is -0.361. The number of nitro groups is 1. The van der Waals surface area contributed by atoms with Crippen molar-refractivity contribution in [2.24, 2.45) is 5.92 Å². The van der Waals surface area contributed by atoms with Crippen molar-refractivity contribution in [2.45, 2.75) is 32.7 Å². The molecule has 20 heavy (non-hydrogen) atoms. The first-order valence-corrected chi connectivity index (χ1v) is 6.52. The third-order valence-electron chi connectivity index (χ3n) is 3.75. The van der Waals surface area contributed by atoms with E-state index in [1.165, 1.54) is 6.20 Å². The molecule has 0 aromatic carbocycles. The van der Waals surface area contributed by atoms with Gasteiger partial charge in [0.2, 0.25) is 0 Å². The van der Waals surface area contributed by atoms with E-state index in [2.05, 4.69) is 4.98 Å². The number of nitrogens with zero attached hydrogens (tertiary/aromatic N) is 3. The Kier molecular flexibility index (Phi) is 3.87. The second-order valence-electron chi connectivity index (χ2n) is 5.18. The average Bonchev–Trinajstić information content (AvgIpc) is 2.37. The topological polar surface area (TPSA) is 96.6 Å². The SMILES string of the molecule is Cc1cc(N2CCCC(C)C2C(=O)O)ncc1[N+](=O)[O-]. The summed E-state index contributed by atoms with van der Waals surface area (Å²) in [7, 11) is 0. The number of rotatable bonds is 3. The first-order chi connectivity index (χ1) is 9.41. The predicted molar refractivity (Wildman–Crippen MR) is 72.8 cm³/mol. The molecule has 0 amide bonds. The lowest BCUT2D eigenvalue weighted by molar-refractivity contribution is -0.385. The third-order valence-corrected chi connectivity index (χ3v) is 3.75. The van der Waals surface area contributed by atoms with E-state index in [1.807, 2.05) is 6.92 Å². The Bertz CT molecular complexity index is 546. The van der Waals surface area contributed by atoms with E-state index in [4.69, 9.17) is 0 Å². The number of carbonyl (C=O) groups is 1. The number of aliphatic carboxylic acids is 1. The molecule has 108 valence electrons.